The van der Waals surface area contributed by atoms with Gasteiger partial charge in [0, 0.05) is 0 Å². The number of methoxy groups -OCH3 is 1. The largest absolute Gasteiger partial charge is 0.481 e. The molecule has 1 aromatic rings. The number of carboxylic acids is 1. The maximum absolute atomic E-state index is 12.9. The van der Waals surface area contributed by atoms with Gasteiger partial charge in [0.15, 0.2) is 0 Å². The van der Waals surface area contributed by atoms with Crippen molar-refractivity contribution in [2.24, 2.45) is 11.7 Å². The molecular weight excluding hydrogens is 446 g/mol. The zero-order valence-electron chi connectivity index (χ0n) is 20.3. The van der Waals surface area contributed by atoms with Crippen molar-refractivity contribution in [3.05, 3.63) is 29.3 Å². The third-order valence-electron chi connectivity index (χ3n) is 4.40. The fourth-order valence-electron chi connectivity index (χ4n) is 2.98. The van der Waals surface area contributed by atoms with Crippen LogP contribution in [0.5, 0.6) is 0 Å². The molecule has 0 bridgehead atoms. The van der Waals surface area contributed by atoms with Gasteiger partial charge in [0.05, 0.1) is 36.4 Å². The number of anilines is 1. The van der Waals surface area contributed by atoms with Crippen LogP contribution in [-0.2, 0) is 23.9 Å². The first-order chi connectivity index (χ1) is 15.7. The van der Waals surface area contributed by atoms with Gasteiger partial charge in [0.1, 0.15) is 11.6 Å². The highest BCUT2D eigenvalue weighted by molar-refractivity contribution is 6.10. The van der Waals surface area contributed by atoms with Gasteiger partial charge in [-0.2, -0.15) is 0 Å². The summed E-state index contributed by atoms with van der Waals surface area (Å²) >= 11 is 0. The quantitative estimate of drug-likeness (QED) is 0.364. The predicted molar refractivity (Wildman–Crippen MR) is 123 cm³/mol. The molecule has 5 N–H and O–H groups in total. The summed E-state index contributed by atoms with van der Waals surface area (Å²) < 4.78 is 10.1. The van der Waals surface area contributed by atoms with Gasteiger partial charge < -0.3 is 30.9 Å². The molecule has 0 saturated heterocycles. The van der Waals surface area contributed by atoms with Crippen LogP contribution < -0.4 is 16.4 Å². The predicted octanol–water partition coefficient (Wildman–Crippen LogP) is 1.70. The summed E-state index contributed by atoms with van der Waals surface area (Å²) in [5.41, 5.74) is 4.39. The summed E-state index contributed by atoms with van der Waals surface area (Å²) in [5.74, 6) is -4.59. The smallest absolute Gasteiger partial charge is 0.341 e. The van der Waals surface area contributed by atoms with Gasteiger partial charge in [0.25, 0.3) is 0 Å². The molecular formula is C23H33N3O8. The number of benzene rings is 1. The summed E-state index contributed by atoms with van der Waals surface area (Å²) in [5, 5.41) is 14.0. The van der Waals surface area contributed by atoms with Crippen molar-refractivity contribution in [2.75, 3.05) is 12.4 Å². The summed E-state index contributed by atoms with van der Waals surface area (Å²) in [6, 6.07) is 1.63. The number of carbonyl (C=O) groups excluding carboxylic acids is 4. The van der Waals surface area contributed by atoms with E-state index in [1.54, 1.807) is 20.8 Å². The van der Waals surface area contributed by atoms with Gasteiger partial charge in [-0.3, -0.25) is 14.4 Å². The van der Waals surface area contributed by atoms with Gasteiger partial charge in [0.2, 0.25) is 11.8 Å². The SMILES string of the molecule is COC(=O)c1cccc(NC(=O)[C@H](CC(=O)O)NC(=O)[C@@H](N)CC(C)C)c1C(=O)OC(C)(C)C. The highest BCUT2D eigenvalue weighted by atomic mass is 16.6. The number of carboxylic acid groups (broad SMARTS) is 1. The third kappa shape index (κ3) is 8.81. The minimum Gasteiger partial charge on any atom is -0.481 e. The van der Waals surface area contributed by atoms with Crippen LogP contribution in [-0.4, -0.2) is 59.6 Å². The molecule has 0 saturated carbocycles. The third-order valence-corrected chi connectivity index (χ3v) is 4.40. The molecule has 2 atom stereocenters. The molecule has 11 nitrogen and oxygen atoms in total. The first-order valence-corrected chi connectivity index (χ1v) is 10.7. The molecule has 0 radical (unpaired) electrons. The van der Waals surface area contributed by atoms with E-state index in [2.05, 4.69) is 10.6 Å². The van der Waals surface area contributed by atoms with Gasteiger partial charge in [-0.05, 0) is 45.2 Å². The molecule has 0 heterocycles. The van der Waals surface area contributed by atoms with E-state index in [0.717, 1.165) is 7.11 Å². The van der Waals surface area contributed by atoms with Crippen molar-refractivity contribution in [3.63, 3.8) is 0 Å². The fourth-order valence-corrected chi connectivity index (χ4v) is 2.98. The Morgan fingerprint density at radius 3 is 2.18 bits per heavy atom. The molecule has 0 spiro atoms. The number of carbonyl (C=O) groups is 5. The highest BCUT2D eigenvalue weighted by Gasteiger charge is 2.30. The van der Waals surface area contributed by atoms with Crippen LogP contribution in [0.3, 0.4) is 0 Å². The average Bonchev–Trinajstić information content (AvgIpc) is 2.70. The van der Waals surface area contributed by atoms with Crippen LogP contribution in [0.2, 0.25) is 0 Å². The normalized spacial score (nSPS) is 12.9. The Kier molecular flexibility index (Phi) is 10.2. The number of hydrogen-bond acceptors (Lipinski definition) is 8. The zero-order chi connectivity index (χ0) is 26.2. The van der Waals surface area contributed by atoms with Crippen LogP contribution in [0, 0.1) is 5.92 Å². The first-order valence-electron chi connectivity index (χ1n) is 10.7. The number of esters is 2. The van der Waals surface area contributed by atoms with Crippen molar-refractivity contribution in [2.45, 2.75) is 65.1 Å². The molecule has 2 amide bonds. The molecule has 0 aliphatic heterocycles. The van der Waals surface area contributed by atoms with Crippen LogP contribution in [0.4, 0.5) is 5.69 Å². The van der Waals surface area contributed by atoms with Gasteiger partial charge in [-0.1, -0.05) is 19.9 Å². The molecule has 1 aromatic carbocycles. The molecule has 0 unspecified atom stereocenters. The van der Waals surface area contributed by atoms with E-state index >= 15 is 0 Å². The number of ether oxygens (including phenoxy) is 2. The Balaban J connectivity index is 3.32. The Bertz CT molecular complexity index is 937. The highest BCUT2D eigenvalue weighted by Crippen LogP contribution is 2.25. The maximum atomic E-state index is 12.9. The standard InChI is InChI=1S/C23H33N3O8/c1-12(2)10-14(24)19(29)26-16(11-17(27)28)20(30)25-15-9-7-8-13(21(31)33-6)18(15)22(32)34-23(3,4)5/h7-9,12,14,16H,10-11,24H2,1-6H3,(H,25,30)(H,26,29)(H,27,28)/t14-,16-/m0/s1. The van der Waals surface area contributed by atoms with E-state index in [9.17, 15) is 29.1 Å². The van der Waals surface area contributed by atoms with Crippen LogP contribution in [0.15, 0.2) is 18.2 Å². The number of hydrogen-bond donors (Lipinski definition) is 4. The lowest BCUT2D eigenvalue weighted by Gasteiger charge is -2.23. The average molecular weight is 480 g/mol. The number of nitrogens with two attached hydrogens (primary N) is 1. The van der Waals surface area contributed by atoms with Crippen LogP contribution >= 0.6 is 0 Å². The number of nitrogens with one attached hydrogen (secondary N) is 2. The second-order valence-electron chi connectivity index (χ2n) is 9.11. The van der Waals surface area contributed by atoms with Gasteiger partial charge in [-0.25, -0.2) is 9.59 Å². The van der Waals surface area contributed by atoms with E-state index < -0.39 is 53.8 Å². The first kappa shape index (κ1) is 28.6. The van der Waals surface area contributed by atoms with Gasteiger partial charge in [-0.15, -0.1) is 0 Å². The molecule has 0 aromatic heterocycles. The van der Waals surface area contributed by atoms with Crippen LogP contribution in [0.25, 0.3) is 0 Å². The fraction of sp³-hybridized carbons (Fsp3) is 0.522. The molecule has 11 heteroatoms. The second kappa shape index (κ2) is 12.1. The van der Waals surface area contributed by atoms with Crippen molar-refractivity contribution in [1.82, 2.24) is 5.32 Å². The van der Waals surface area contributed by atoms with Crippen molar-refractivity contribution < 1.29 is 38.6 Å². The minimum atomic E-state index is -1.49. The number of rotatable bonds is 10. The topological polar surface area (TPSA) is 174 Å². The van der Waals surface area contributed by atoms with E-state index in [0.29, 0.717) is 6.42 Å². The molecule has 1 rings (SSSR count). The molecule has 0 fully saturated rings. The van der Waals surface area contributed by atoms with Crippen molar-refractivity contribution in [1.29, 1.82) is 0 Å². The van der Waals surface area contributed by atoms with Crippen molar-refractivity contribution in [3.8, 4) is 0 Å². The lowest BCUT2D eigenvalue weighted by atomic mass is 10.0. The summed E-state index contributed by atoms with van der Waals surface area (Å²) in [4.78, 5) is 61.7. The van der Waals surface area contributed by atoms with E-state index in [4.69, 9.17) is 15.2 Å². The minimum absolute atomic E-state index is 0.102. The number of amides is 2. The zero-order valence-corrected chi connectivity index (χ0v) is 20.3. The monoisotopic (exact) mass is 479 g/mol. The number of aliphatic carboxylic acids is 1. The molecule has 0 aliphatic rings. The van der Waals surface area contributed by atoms with E-state index in [1.807, 2.05) is 13.8 Å². The second-order valence-corrected chi connectivity index (χ2v) is 9.11. The Morgan fingerprint density at radius 2 is 1.68 bits per heavy atom. The molecule has 0 aliphatic carbocycles. The summed E-state index contributed by atoms with van der Waals surface area (Å²) in [6.07, 6.45) is -0.401. The lowest BCUT2D eigenvalue weighted by molar-refractivity contribution is -0.139. The Labute approximate surface area is 198 Å². The molecule has 34 heavy (non-hydrogen) atoms. The van der Waals surface area contributed by atoms with E-state index in [1.165, 1.54) is 18.2 Å². The lowest BCUT2D eigenvalue weighted by Crippen LogP contribution is -2.51. The van der Waals surface area contributed by atoms with E-state index in [-0.39, 0.29) is 22.7 Å². The van der Waals surface area contributed by atoms with Gasteiger partial charge >= 0.3 is 17.9 Å². The maximum Gasteiger partial charge on any atom is 0.341 e. The summed E-state index contributed by atoms with van der Waals surface area (Å²) in [7, 11) is 1.13. The Morgan fingerprint density at radius 1 is 1.06 bits per heavy atom. The van der Waals surface area contributed by atoms with Crippen LogP contribution in [0.1, 0.15) is 68.2 Å². The molecule has 188 valence electrons. The van der Waals surface area contributed by atoms with Crippen molar-refractivity contribution >= 4 is 35.4 Å². The summed E-state index contributed by atoms with van der Waals surface area (Å²) in [6.45, 7) is 8.61. The Hall–Kier alpha value is -3.47.